The maximum absolute atomic E-state index is 12.8. The predicted molar refractivity (Wildman–Crippen MR) is 94.7 cm³/mol. The summed E-state index contributed by atoms with van der Waals surface area (Å²) in [6.45, 7) is 5.23. The van der Waals surface area contributed by atoms with Gasteiger partial charge in [0.1, 0.15) is 11.3 Å². The first kappa shape index (κ1) is 20.3. The van der Waals surface area contributed by atoms with Crippen molar-refractivity contribution in [3.05, 3.63) is 59.9 Å². The van der Waals surface area contributed by atoms with Gasteiger partial charge in [-0.2, -0.15) is 18.3 Å². The molecule has 2 rings (SSSR count). The first-order chi connectivity index (χ1) is 12.5. The number of halogens is 3. The fraction of sp³-hybridized carbons (Fsp3) is 0.263. The largest absolute Gasteiger partial charge is 0.457 e. The Balaban J connectivity index is 2.21. The van der Waals surface area contributed by atoms with Gasteiger partial charge in [0.2, 0.25) is 0 Å². The Kier molecular flexibility index (Phi) is 6.09. The summed E-state index contributed by atoms with van der Waals surface area (Å²) in [6.07, 6.45) is -0.343. The van der Waals surface area contributed by atoms with Crippen LogP contribution in [0.4, 0.5) is 24.5 Å². The van der Waals surface area contributed by atoms with Crippen molar-refractivity contribution in [3.63, 3.8) is 0 Å². The Morgan fingerprint density at radius 1 is 1.11 bits per heavy atom. The van der Waals surface area contributed by atoms with Crippen molar-refractivity contribution < 1.29 is 22.7 Å². The van der Waals surface area contributed by atoms with E-state index in [4.69, 9.17) is 4.74 Å². The molecule has 1 aromatic carbocycles. The molecule has 8 heteroatoms. The third kappa shape index (κ3) is 6.65. The Bertz CT molecular complexity index is 869. The number of aromatic nitrogens is 1. The number of ether oxygens (including phenoxy) is 1. The molecule has 0 N–H and O–H groups in total. The van der Waals surface area contributed by atoms with E-state index in [1.54, 1.807) is 32.9 Å². The number of alkyl halides is 3. The summed E-state index contributed by atoms with van der Waals surface area (Å²) in [5.41, 5.74) is -0.753. The van der Waals surface area contributed by atoms with Gasteiger partial charge in [0, 0.05) is 12.3 Å². The minimum Gasteiger partial charge on any atom is -0.457 e. The van der Waals surface area contributed by atoms with Crippen LogP contribution in [-0.2, 0) is 15.7 Å². The summed E-state index contributed by atoms with van der Waals surface area (Å²) in [7, 11) is 0. The van der Waals surface area contributed by atoms with E-state index in [-0.39, 0.29) is 5.69 Å². The van der Waals surface area contributed by atoms with Crippen LogP contribution in [0, 0.1) is 0 Å². The van der Waals surface area contributed by atoms with Gasteiger partial charge in [-0.1, -0.05) is 6.07 Å². The monoisotopic (exact) mass is 377 g/mol. The lowest BCUT2D eigenvalue weighted by Gasteiger charge is -2.17. The highest BCUT2D eigenvalue weighted by Crippen LogP contribution is 2.32. The number of hydrogen-bond acceptors (Lipinski definition) is 5. The number of esters is 1. The highest BCUT2D eigenvalue weighted by molar-refractivity contribution is 5.87. The second kappa shape index (κ2) is 8.11. The summed E-state index contributed by atoms with van der Waals surface area (Å²) in [5, 5.41) is 7.78. The van der Waals surface area contributed by atoms with E-state index in [0.717, 1.165) is 12.1 Å². The van der Waals surface area contributed by atoms with E-state index < -0.39 is 23.3 Å². The maximum Gasteiger partial charge on any atom is 0.416 e. The number of carbonyl (C=O) groups excluding carboxylic acids is 1. The van der Waals surface area contributed by atoms with Crippen molar-refractivity contribution >= 4 is 23.4 Å². The molecule has 0 aliphatic rings. The Morgan fingerprint density at radius 3 is 2.52 bits per heavy atom. The SMILES string of the molecule is CC(C)(C)OC(=O)/C=C/c1ncccc1N=Nc1cccc(C(F)(F)F)c1. The van der Waals surface area contributed by atoms with E-state index >= 15 is 0 Å². The third-order valence-electron chi connectivity index (χ3n) is 3.05. The molecule has 5 nitrogen and oxygen atoms in total. The molecule has 0 amide bonds. The molecule has 0 fully saturated rings. The van der Waals surface area contributed by atoms with Crippen molar-refractivity contribution in [1.29, 1.82) is 0 Å². The molecule has 0 bridgehead atoms. The van der Waals surface area contributed by atoms with Crippen molar-refractivity contribution in [3.8, 4) is 0 Å². The predicted octanol–water partition coefficient (Wildman–Crippen LogP) is 5.87. The normalized spacial score (nSPS) is 12.7. The molecule has 1 heterocycles. The highest BCUT2D eigenvalue weighted by atomic mass is 19.4. The molecule has 27 heavy (non-hydrogen) atoms. The van der Waals surface area contributed by atoms with E-state index in [2.05, 4.69) is 15.2 Å². The smallest absolute Gasteiger partial charge is 0.416 e. The van der Waals surface area contributed by atoms with Gasteiger partial charge >= 0.3 is 12.1 Å². The Labute approximate surface area is 154 Å². The standard InChI is InChI=1S/C19H18F3N3O2/c1-18(2,3)27-17(26)10-9-15-16(8-5-11-23-15)25-24-14-7-4-6-13(12-14)19(20,21)22/h4-12H,1-3H3/b10-9+,25-24?. The van der Waals surface area contributed by atoms with Crippen LogP contribution in [0.2, 0.25) is 0 Å². The molecular formula is C19H18F3N3O2. The number of nitrogens with zero attached hydrogens (tertiary/aromatic N) is 3. The number of azo groups is 1. The van der Waals surface area contributed by atoms with Crippen molar-refractivity contribution in [2.24, 2.45) is 10.2 Å². The summed E-state index contributed by atoms with van der Waals surface area (Å²) in [5.74, 6) is -0.547. The molecular weight excluding hydrogens is 359 g/mol. The minimum atomic E-state index is -4.46. The Morgan fingerprint density at radius 2 is 1.85 bits per heavy atom. The summed E-state index contributed by atoms with van der Waals surface area (Å²) >= 11 is 0. The highest BCUT2D eigenvalue weighted by Gasteiger charge is 2.30. The van der Waals surface area contributed by atoms with Gasteiger partial charge in [0.15, 0.2) is 0 Å². The van der Waals surface area contributed by atoms with Gasteiger partial charge in [-0.25, -0.2) is 4.79 Å². The molecule has 0 atom stereocenters. The Hall–Kier alpha value is -3.03. The number of rotatable bonds is 4. The lowest BCUT2D eigenvalue weighted by molar-refractivity contribution is -0.148. The zero-order chi connectivity index (χ0) is 20.1. The number of benzene rings is 1. The van der Waals surface area contributed by atoms with Gasteiger partial charge < -0.3 is 4.74 Å². The average molecular weight is 377 g/mol. The first-order valence-corrected chi connectivity index (χ1v) is 8.00. The lowest BCUT2D eigenvalue weighted by Crippen LogP contribution is -2.22. The van der Waals surface area contributed by atoms with Crippen molar-refractivity contribution in [2.45, 2.75) is 32.5 Å². The van der Waals surface area contributed by atoms with Crippen LogP contribution >= 0.6 is 0 Å². The third-order valence-corrected chi connectivity index (χ3v) is 3.05. The molecule has 0 unspecified atom stereocenters. The van der Waals surface area contributed by atoms with Crippen LogP contribution in [0.1, 0.15) is 32.0 Å². The second-order valence-corrected chi connectivity index (χ2v) is 6.52. The van der Waals surface area contributed by atoms with Crippen LogP contribution in [-0.4, -0.2) is 16.6 Å². The zero-order valence-electron chi connectivity index (χ0n) is 15.0. The minimum absolute atomic E-state index is 0.0516. The molecule has 0 radical (unpaired) electrons. The lowest BCUT2D eigenvalue weighted by atomic mass is 10.2. The topological polar surface area (TPSA) is 63.9 Å². The fourth-order valence-electron chi connectivity index (χ4n) is 1.96. The van der Waals surface area contributed by atoms with Gasteiger partial charge in [0.25, 0.3) is 0 Å². The summed E-state index contributed by atoms with van der Waals surface area (Å²) in [6, 6.07) is 7.70. The van der Waals surface area contributed by atoms with Crippen LogP contribution in [0.25, 0.3) is 6.08 Å². The molecule has 1 aromatic heterocycles. The van der Waals surface area contributed by atoms with Crippen LogP contribution in [0.15, 0.2) is 58.9 Å². The summed E-state index contributed by atoms with van der Waals surface area (Å²) in [4.78, 5) is 15.8. The molecule has 0 saturated carbocycles. The molecule has 0 aliphatic carbocycles. The van der Waals surface area contributed by atoms with E-state index in [0.29, 0.717) is 11.4 Å². The second-order valence-electron chi connectivity index (χ2n) is 6.52. The van der Waals surface area contributed by atoms with Crippen molar-refractivity contribution in [2.75, 3.05) is 0 Å². The number of pyridine rings is 1. The zero-order valence-corrected chi connectivity index (χ0v) is 15.0. The van der Waals surface area contributed by atoms with Crippen LogP contribution < -0.4 is 0 Å². The van der Waals surface area contributed by atoms with Crippen LogP contribution in [0.3, 0.4) is 0 Å². The molecule has 142 valence electrons. The van der Waals surface area contributed by atoms with Gasteiger partial charge in [0.05, 0.1) is 16.9 Å². The summed E-state index contributed by atoms with van der Waals surface area (Å²) < 4.78 is 43.4. The molecule has 0 spiro atoms. The quantitative estimate of drug-likeness (QED) is 0.380. The van der Waals surface area contributed by atoms with Crippen LogP contribution in [0.5, 0.6) is 0 Å². The van der Waals surface area contributed by atoms with E-state index in [9.17, 15) is 18.0 Å². The van der Waals surface area contributed by atoms with E-state index in [1.165, 1.54) is 30.5 Å². The molecule has 2 aromatic rings. The maximum atomic E-state index is 12.8. The first-order valence-electron chi connectivity index (χ1n) is 8.00. The van der Waals surface area contributed by atoms with E-state index in [1.807, 2.05) is 0 Å². The average Bonchev–Trinajstić information content (AvgIpc) is 2.57. The number of carbonyl (C=O) groups is 1. The molecule has 0 saturated heterocycles. The van der Waals surface area contributed by atoms with Gasteiger partial charge in [-0.3, -0.25) is 4.98 Å². The molecule has 0 aliphatic heterocycles. The number of hydrogen-bond donors (Lipinski definition) is 0. The van der Waals surface area contributed by atoms with Gasteiger partial charge in [-0.05, 0) is 57.2 Å². The fourth-order valence-corrected chi connectivity index (χ4v) is 1.96. The van der Waals surface area contributed by atoms with Crippen molar-refractivity contribution in [1.82, 2.24) is 4.98 Å². The van der Waals surface area contributed by atoms with Gasteiger partial charge in [-0.15, -0.1) is 5.11 Å².